The van der Waals surface area contributed by atoms with Crippen LogP contribution in [0.15, 0.2) is 28.8 Å². The first kappa shape index (κ1) is 17.0. The molecule has 1 fully saturated rings. The molecule has 0 aliphatic carbocycles. The van der Waals surface area contributed by atoms with Gasteiger partial charge in [-0.05, 0) is 29.9 Å². The number of hydrogen-bond donors (Lipinski definition) is 0. The molecule has 128 valence electrons. The van der Waals surface area contributed by atoms with E-state index in [2.05, 4.69) is 14.7 Å². The summed E-state index contributed by atoms with van der Waals surface area (Å²) in [5, 5.41) is 3.34. The Bertz CT molecular complexity index is 707. The zero-order valence-corrected chi connectivity index (χ0v) is 13.5. The fraction of sp³-hybridized carbons (Fsp3) is 0.438. The van der Waals surface area contributed by atoms with Crippen LogP contribution in [0.5, 0.6) is 0 Å². The molecule has 0 saturated carbocycles. The van der Waals surface area contributed by atoms with Crippen LogP contribution in [0.3, 0.4) is 0 Å². The first-order valence-electron chi connectivity index (χ1n) is 7.54. The van der Waals surface area contributed by atoms with Gasteiger partial charge in [-0.25, -0.2) is 0 Å². The number of rotatable bonds is 4. The summed E-state index contributed by atoms with van der Waals surface area (Å²) in [6.07, 6.45) is -2.47. The molecule has 0 radical (unpaired) electrons. The third-order valence-electron chi connectivity index (χ3n) is 3.94. The number of benzene rings is 1. The summed E-state index contributed by atoms with van der Waals surface area (Å²) in [7, 11) is 0. The molecule has 8 heteroatoms. The van der Waals surface area contributed by atoms with Crippen LogP contribution >= 0.6 is 11.8 Å². The Hall–Kier alpha value is -1.83. The fourth-order valence-corrected chi connectivity index (χ4v) is 3.70. The summed E-state index contributed by atoms with van der Waals surface area (Å²) >= 11 is 1.87. The first-order valence-corrected chi connectivity index (χ1v) is 8.69. The van der Waals surface area contributed by atoms with Crippen LogP contribution in [0.4, 0.5) is 13.2 Å². The van der Waals surface area contributed by atoms with Crippen LogP contribution < -0.4 is 0 Å². The summed E-state index contributed by atoms with van der Waals surface area (Å²) in [5.41, 5.74) is 1.25. The highest BCUT2D eigenvalue weighted by atomic mass is 32.2. The summed E-state index contributed by atoms with van der Waals surface area (Å²) < 4.78 is 41.6. The quantitative estimate of drug-likeness (QED) is 0.828. The van der Waals surface area contributed by atoms with Crippen LogP contribution in [-0.2, 0) is 17.4 Å². The van der Waals surface area contributed by atoms with E-state index in [-0.39, 0.29) is 17.5 Å². The fourth-order valence-electron chi connectivity index (χ4n) is 2.59. The molecular weight excluding hydrogens is 341 g/mol. The Morgan fingerprint density at radius 1 is 1.21 bits per heavy atom. The van der Waals surface area contributed by atoms with Crippen LogP contribution in [0.2, 0.25) is 0 Å². The second-order valence-corrected chi connectivity index (χ2v) is 6.87. The number of alkyl halides is 3. The van der Waals surface area contributed by atoms with Crippen LogP contribution in [0.1, 0.15) is 24.3 Å². The number of carbonyl (C=O) groups is 1. The molecule has 1 saturated heterocycles. The molecule has 24 heavy (non-hydrogen) atoms. The zero-order chi connectivity index (χ0) is 17.2. The third kappa shape index (κ3) is 3.98. The van der Waals surface area contributed by atoms with Crippen molar-refractivity contribution in [1.29, 1.82) is 0 Å². The Labute approximate surface area is 140 Å². The Balaban J connectivity index is 1.67. The third-order valence-corrected chi connectivity index (χ3v) is 4.98. The second kappa shape index (κ2) is 6.96. The zero-order valence-electron chi connectivity index (χ0n) is 12.7. The molecule has 0 atom stereocenters. The Kier molecular flexibility index (Phi) is 4.93. The van der Waals surface area contributed by atoms with Gasteiger partial charge in [-0.1, -0.05) is 29.4 Å². The van der Waals surface area contributed by atoms with Crippen LogP contribution in [0.25, 0.3) is 11.4 Å². The monoisotopic (exact) mass is 356 g/mol. The average Bonchev–Trinajstić information content (AvgIpc) is 3.07. The van der Waals surface area contributed by atoms with E-state index < -0.39 is 12.1 Å². The summed E-state index contributed by atoms with van der Waals surface area (Å²) in [4.78, 5) is 15.6. The topological polar surface area (TPSA) is 56.0 Å². The number of halogens is 3. The Morgan fingerprint density at radius 2 is 1.88 bits per heavy atom. The maximum atomic E-state index is 12.5. The van der Waals surface area contributed by atoms with Crippen molar-refractivity contribution in [2.45, 2.75) is 25.4 Å². The highest BCUT2D eigenvalue weighted by Crippen LogP contribution is 2.29. The highest BCUT2D eigenvalue weighted by molar-refractivity contribution is 7.99. The van der Waals surface area contributed by atoms with Crippen molar-refractivity contribution < 1.29 is 22.5 Å². The molecule has 2 aromatic rings. The van der Waals surface area contributed by atoms with Gasteiger partial charge in [0.1, 0.15) is 5.78 Å². The second-order valence-electron chi connectivity index (χ2n) is 5.65. The van der Waals surface area contributed by atoms with E-state index in [0.717, 1.165) is 29.9 Å². The predicted molar refractivity (Wildman–Crippen MR) is 83.5 cm³/mol. The number of hydrogen-bond acceptors (Lipinski definition) is 5. The maximum absolute atomic E-state index is 12.5. The molecule has 2 heterocycles. The summed E-state index contributed by atoms with van der Waals surface area (Å²) in [5.74, 6) is 0.902. The van der Waals surface area contributed by atoms with Gasteiger partial charge >= 0.3 is 12.1 Å². The molecule has 0 unspecified atom stereocenters. The van der Waals surface area contributed by atoms with E-state index in [1.807, 2.05) is 11.8 Å². The number of Topliss-reactive ketones (excluding diaryl/α,β-unsaturated/α-hetero) is 1. The molecule has 1 aliphatic rings. The minimum Gasteiger partial charge on any atom is -0.329 e. The SMILES string of the molecule is O=C(Cc1ccc(-c2noc(C(F)(F)F)n2)cc1)C1CCSCC1. The van der Waals surface area contributed by atoms with Crippen molar-refractivity contribution in [1.82, 2.24) is 10.1 Å². The van der Waals surface area contributed by atoms with Gasteiger partial charge in [-0.15, -0.1) is 0 Å². The lowest BCUT2D eigenvalue weighted by Crippen LogP contribution is -2.21. The van der Waals surface area contributed by atoms with Gasteiger partial charge in [0.25, 0.3) is 0 Å². The number of thioether (sulfide) groups is 1. The number of aromatic nitrogens is 2. The normalized spacial score (nSPS) is 16.3. The molecule has 0 N–H and O–H groups in total. The highest BCUT2D eigenvalue weighted by Gasteiger charge is 2.38. The summed E-state index contributed by atoms with van der Waals surface area (Å²) in [6.45, 7) is 0. The summed E-state index contributed by atoms with van der Waals surface area (Å²) in [6, 6.07) is 6.64. The molecule has 1 aliphatic heterocycles. The molecule has 1 aromatic carbocycles. The standard InChI is InChI=1S/C16H15F3N2O2S/c17-16(18,19)15-20-14(21-23-15)12-3-1-10(2-4-12)9-13(22)11-5-7-24-8-6-11/h1-4,11H,5-9H2. The average molecular weight is 356 g/mol. The predicted octanol–water partition coefficient (Wildman–Crippen LogP) is 4.01. The van der Waals surface area contributed by atoms with Crippen molar-refractivity contribution in [3.8, 4) is 11.4 Å². The number of carbonyl (C=O) groups excluding carboxylic acids is 1. The Morgan fingerprint density at radius 3 is 2.46 bits per heavy atom. The van der Waals surface area contributed by atoms with Crippen molar-refractivity contribution in [2.75, 3.05) is 11.5 Å². The lowest BCUT2D eigenvalue weighted by atomic mass is 9.93. The van der Waals surface area contributed by atoms with Crippen molar-refractivity contribution in [2.24, 2.45) is 5.92 Å². The largest absolute Gasteiger partial charge is 0.471 e. The van der Waals surface area contributed by atoms with Gasteiger partial charge in [0, 0.05) is 17.9 Å². The molecular formula is C16H15F3N2O2S. The lowest BCUT2D eigenvalue weighted by Gasteiger charge is -2.19. The number of nitrogens with zero attached hydrogens (tertiary/aromatic N) is 2. The van der Waals surface area contributed by atoms with Gasteiger partial charge in [-0.3, -0.25) is 4.79 Å². The van der Waals surface area contributed by atoms with Crippen molar-refractivity contribution >= 4 is 17.5 Å². The van der Waals surface area contributed by atoms with E-state index in [4.69, 9.17) is 0 Å². The molecule has 3 rings (SSSR count). The molecule has 0 bridgehead atoms. The van der Waals surface area contributed by atoms with E-state index in [1.54, 1.807) is 24.3 Å². The maximum Gasteiger partial charge on any atom is 0.471 e. The molecule has 0 spiro atoms. The van der Waals surface area contributed by atoms with Crippen LogP contribution in [-0.4, -0.2) is 27.4 Å². The minimum atomic E-state index is -4.66. The molecule has 0 amide bonds. The van der Waals surface area contributed by atoms with Gasteiger partial charge in [0.05, 0.1) is 0 Å². The van der Waals surface area contributed by atoms with Gasteiger partial charge in [0.2, 0.25) is 5.82 Å². The minimum absolute atomic E-state index is 0.121. The lowest BCUT2D eigenvalue weighted by molar-refractivity contribution is -0.159. The molecule has 1 aromatic heterocycles. The number of ketones is 1. The van der Waals surface area contributed by atoms with Gasteiger partial charge in [0.15, 0.2) is 0 Å². The van der Waals surface area contributed by atoms with Crippen molar-refractivity contribution in [3.63, 3.8) is 0 Å². The van der Waals surface area contributed by atoms with Gasteiger partial charge < -0.3 is 4.52 Å². The first-order chi connectivity index (χ1) is 11.4. The van der Waals surface area contributed by atoms with Crippen molar-refractivity contribution in [3.05, 3.63) is 35.7 Å². The smallest absolute Gasteiger partial charge is 0.329 e. The van der Waals surface area contributed by atoms with Gasteiger partial charge in [-0.2, -0.15) is 29.9 Å². The van der Waals surface area contributed by atoms with E-state index >= 15 is 0 Å². The van der Waals surface area contributed by atoms with E-state index in [0.29, 0.717) is 12.0 Å². The molecule has 4 nitrogen and oxygen atoms in total. The van der Waals surface area contributed by atoms with E-state index in [9.17, 15) is 18.0 Å². The van der Waals surface area contributed by atoms with E-state index in [1.165, 1.54) is 0 Å². The van der Waals surface area contributed by atoms with Crippen LogP contribution in [0, 0.1) is 5.92 Å².